The Hall–Kier alpha value is -1.89. The van der Waals surface area contributed by atoms with Crippen molar-refractivity contribution < 1.29 is 9.21 Å². The third kappa shape index (κ3) is 4.60. The van der Waals surface area contributed by atoms with Crippen molar-refractivity contribution in [1.29, 1.82) is 0 Å². The quantitative estimate of drug-likeness (QED) is 0.746. The van der Waals surface area contributed by atoms with Gasteiger partial charge in [-0.2, -0.15) is 0 Å². The van der Waals surface area contributed by atoms with Crippen molar-refractivity contribution in [2.24, 2.45) is 0 Å². The highest BCUT2D eigenvalue weighted by atomic mass is 16.3. The molecule has 2 aromatic rings. The second-order valence-corrected chi connectivity index (χ2v) is 6.84. The van der Waals surface area contributed by atoms with Crippen LogP contribution in [0.25, 0.3) is 11.0 Å². The van der Waals surface area contributed by atoms with Crippen LogP contribution in [0.2, 0.25) is 0 Å². The molecule has 1 aliphatic rings. The molecule has 0 radical (unpaired) electrons. The van der Waals surface area contributed by atoms with Crippen LogP contribution in [0.5, 0.6) is 0 Å². The number of para-hydroxylation sites is 1. The van der Waals surface area contributed by atoms with Gasteiger partial charge in [-0.15, -0.1) is 0 Å². The summed E-state index contributed by atoms with van der Waals surface area (Å²) in [6.45, 7) is 6.65. The van der Waals surface area contributed by atoms with Gasteiger partial charge in [-0.05, 0) is 33.1 Å². The average Bonchev–Trinajstić information content (AvgIpc) is 2.98. The van der Waals surface area contributed by atoms with Crippen LogP contribution in [0, 0.1) is 0 Å². The van der Waals surface area contributed by atoms with Crippen molar-refractivity contribution in [3.8, 4) is 0 Å². The minimum atomic E-state index is -0.117. The number of piperazine rings is 1. The fourth-order valence-corrected chi connectivity index (χ4v) is 3.28. The van der Waals surface area contributed by atoms with Gasteiger partial charge >= 0.3 is 0 Å². The normalized spacial score (nSPS) is 15.8. The summed E-state index contributed by atoms with van der Waals surface area (Å²) in [6, 6.07) is 7.83. The number of hydrogen-bond acceptors (Lipinski definition) is 5. The third-order valence-electron chi connectivity index (χ3n) is 4.53. The van der Waals surface area contributed by atoms with Crippen LogP contribution in [0.4, 0.5) is 0 Å². The van der Waals surface area contributed by atoms with Crippen molar-refractivity contribution in [1.82, 2.24) is 20.4 Å². The van der Waals surface area contributed by atoms with Gasteiger partial charge in [0.2, 0.25) is 0 Å². The van der Waals surface area contributed by atoms with Gasteiger partial charge in [0.1, 0.15) is 5.58 Å². The molecule has 1 aromatic carbocycles. The molecule has 0 unspecified atom stereocenters. The number of carbonyl (C=O) groups is 1. The number of carbonyl (C=O) groups excluding carboxylic acids is 1. The van der Waals surface area contributed by atoms with Crippen LogP contribution in [-0.4, -0.2) is 69.1 Å². The van der Waals surface area contributed by atoms with E-state index < -0.39 is 0 Å². The Morgan fingerprint density at radius 1 is 1.28 bits per heavy atom. The van der Waals surface area contributed by atoms with Crippen LogP contribution in [0.1, 0.15) is 22.5 Å². The van der Waals surface area contributed by atoms with Crippen LogP contribution in [0.3, 0.4) is 0 Å². The molecule has 0 spiro atoms. The fraction of sp³-hybridized carbons (Fsp3) is 0.526. The summed E-state index contributed by atoms with van der Waals surface area (Å²) < 4.78 is 5.85. The number of rotatable bonds is 7. The number of amides is 1. The highest BCUT2D eigenvalue weighted by Crippen LogP contribution is 2.26. The molecule has 1 aromatic heterocycles. The molecular formula is C19H28N4O2. The predicted molar refractivity (Wildman–Crippen MR) is 99.9 cm³/mol. The van der Waals surface area contributed by atoms with Gasteiger partial charge in [-0.25, -0.2) is 0 Å². The molecule has 2 heterocycles. The summed E-state index contributed by atoms with van der Waals surface area (Å²) >= 11 is 0. The van der Waals surface area contributed by atoms with E-state index >= 15 is 0 Å². The van der Waals surface area contributed by atoms with Crippen molar-refractivity contribution in [2.75, 3.05) is 53.4 Å². The molecule has 1 fully saturated rings. The van der Waals surface area contributed by atoms with E-state index in [0.717, 1.165) is 55.7 Å². The second kappa shape index (κ2) is 8.47. The van der Waals surface area contributed by atoms with Crippen LogP contribution < -0.4 is 10.6 Å². The van der Waals surface area contributed by atoms with Crippen LogP contribution in [0.15, 0.2) is 28.7 Å². The van der Waals surface area contributed by atoms with Crippen molar-refractivity contribution in [3.05, 3.63) is 35.6 Å². The highest BCUT2D eigenvalue weighted by molar-refractivity contribution is 5.99. The van der Waals surface area contributed by atoms with E-state index in [9.17, 15) is 4.79 Å². The third-order valence-corrected chi connectivity index (χ3v) is 4.53. The maximum atomic E-state index is 12.6. The molecule has 1 amide bonds. The molecule has 1 aliphatic heterocycles. The number of nitrogens with zero attached hydrogens (tertiary/aromatic N) is 2. The SMILES string of the molecule is CN(C)Cc1c(C(=O)NCCCN2CCNCC2)oc2ccccc12. The fourth-order valence-electron chi connectivity index (χ4n) is 3.28. The van der Waals surface area contributed by atoms with E-state index in [-0.39, 0.29) is 5.91 Å². The van der Waals surface area contributed by atoms with Gasteiger partial charge in [0.25, 0.3) is 5.91 Å². The van der Waals surface area contributed by atoms with E-state index in [1.165, 1.54) is 0 Å². The molecule has 6 nitrogen and oxygen atoms in total. The first kappa shape index (κ1) is 17.9. The number of furan rings is 1. The smallest absolute Gasteiger partial charge is 0.287 e. The van der Waals surface area contributed by atoms with Gasteiger partial charge in [-0.3, -0.25) is 4.79 Å². The first-order chi connectivity index (χ1) is 12.1. The highest BCUT2D eigenvalue weighted by Gasteiger charge is 2.20. The topological polar surface area (TPSA) is 60.8 Å². The summed E-state index contributed by atoms with van der Waals surface area (Å²) in [6.07, 6.45) is 0.953. The molecule has 1 saturated heterocycles. The van der Waals surface area contributed by atoms with Gasteiger partial charge < -0.3 is 24.9 Å². The Bertz CT molecular complexity index is 705. The van der Waals surface area contributed by atoms with E-state index in [2.05, 4.69) is 20.4 Å². The minimum absolute atomic E-state index is 0.117. The summed E-state index contributed by atoms with van der Waals surface area (Å²) in [4.78, 5) is 17.1. The van der Waals surface area contributed by atoms with Crippen molar-refractivity contribution >= 4 is 16.9 Å². The van der Waals surface area contributed by atoms with Crippen molar-refractivity contribution in [2.45, 2.75) is 13.0 Å². The maximum absolute atomic E-state index is 12.6. The Morgan fingerprint density at radius 3 is 2.80 bits per heavy atom. The monoisotopic (exact) mass is 344 g/mol. The minimum Gasteiger partial charge on any atom is -0.451 e. The lowest BCUT2D eigenvalue weighted by Gasteiger charge is -2.27. The molecule has 3 rings (SSSR count). The zero-order valence-electron chi connectivity index (χ0n) is 15.2. The van der Waals surface area contributed by atoms with Gasteiger partial charge in [-0.1, -0.05) is 18.2 Å². The lowest BCUT2D eigenvalue weighted by Crippen LogP contribution is -2.44. The van der Waals surface area contributed by atoms with Gasteiger partial charge in [0, 0.05) is 50.2 Å². The Kier molecular flexibility index (Phi) is 6.07. The summed E-state index contributed by atoms with van der Waals surface area (Å²) in [5.41, 5.74) is 1.73. The summed E-state index contributed by atoms with van der Waals surface area (Å²) in [7, 11) is 3.99. The molecule has 136 valence electrons. The molecule has 25 heavy (non-hydrogen) atoms. The second-order valence-electron chi connectivity index (χ2n) is 6.84. The van der Waals surface area contributed by atoms with Crippen molar-refractivity contribution in [3.63, 3.8) is 0 Å². The number of fused-ring (bicyclic) bond motifs is 1. The molecule has 0 bridgehead atoms. The molecule has 2 N–H and O–H groups in total. The largest absolute Gasteiger partial charge is 0.451 e. The lowest BCUT2D eigenvalue weighted by atomic mass is 10.1. The van der Waals surface area contributed by atoms with Crippen LogP contribution in [-0.2, 0) is 6.54 Å². The van der Waals surface area contributed by atoms with E-state index in [1.807, 2.05) is 38.4 Å². The Morgan fingerprint density at radius 2 is 2.04 bits per heavy atom. The standard InChI is InChI=1S/C19H28N4O2/c1-22(2)14-16-15-6-3-4-7-17(15)25-18(16)19(24)21-8-5-11-23-12-9-20-10-13-23/h3-4,6-7,20H,5,8-14H2,1-2H3,(H,21,24). The summed E-state index contributed by atoms with van der Waals surface area (Å²) in [5.74, 6) is 0.324. The molecule has 0 aliphatic carbocycles. The summed E-state index contributed by atoms with van der Waals surface area (Å²) in [5, 5.41) is 7.39. The molecular weight excluding hydrogens is 316 g/mol. The predicted octanol–water partition coefficient (Wildman–Crippen LogP) is 1.52. The number of nitrogens with one attached hydrogen (secondary N) is 2. The zero-order chi connectivity index (χ0) is 17.6. The van der Waals surface area contributed by atoms with E-state index in [0.29, 0.717) is 18.8 Å². The number of benzene rings is 1. The first-order valence-electron chi connectivity index (χ1n) is 9.01. The first-order valence-corrected chi connectivity index (χ1v) is 9.01. The number of hydrogen-bond donors (Lipinski definition) is 2. The molecule has 6 heteroatoms. The van der Waals surface area contributed by atoms with Gasteiger partial charge in [0.15, 0.2) is 5.76 Å². The van der Waals surface area contributed by atoms with Gasteiger partial charge in [0.05, 0.1) is 0 Å². The van der Waals surface area contributed by atoms with E-state index in [4.69, 9.17) is 4.42 Å². The lowest BCUT2D eigenvalue weighted by molar-refractivity contribution is 0.0923. The molecule has 0 atom stereocenters. The van der Waals surface area contributed by atoms with Crippen LogP contribution >= 0.6 is 0 Å². The Labute approximate surface area is 149 Å². The average molecular weight is 344 g/mol. The maximum Gasteiger partial charge on any atom is 0.287 e. The Balaban J connectivity index is 1.61. The molecule has 0 saturated carbocycles. The zero-order valence-corrected chi connectivity index (χ0v) is 15.2. The van der Waals surface area contributed by atoms with E-state index in [1.54, 1.807) is 0 Å².